The first kappa shape index (κ1) is 38.1. The Bertz CT molecular complexity index is 2430. The third-order valence-electron chi connectivity index (χ3n) is 9.21. The van der Waals surface area contributed by atoms with Crippen molar-refractivity contribution >= 4 is 72.0 Å². The molecule has 4 aromatic heterocycles. The fraction of sp³-hybridized carbons (Fsp3) is 0.308. The molecule has 0 atom stereocenters. The van der Waals surface area contributed by atoms with Gasteiger partial charge in [-0.25, -0.2) is 33.7 Å². The van der Waals surface area contributed by atoms with E-state index < -0.39 is 17.5 Å². The van der Waals surface area contributed by atoms with Crippen LogP contribution in [0.25, 0.3) is 33.4 Å². The highest BCUT2D eigenvalue weighted by atomic mass is 79.9. The number of nitrogens with one attached hydrogen (secondary N) is 1. The zero-order chi connectivity index (χ0) is 39.0. The maximum atomic E-state index is 12.4. The third-order valence-corrected chi connectivity index (χ3v) is 10.2. The number of fused-ring (bicyclic) bond motifs is 2. The molecule has 284 valence electrons. The summed E-state index contributed by atoms with van der Waals surface area (Å²) in [7, 11) is 2.69. The van der Waals surface area contributed by atoms with E-state index in [0.717, 1.165) is 44.5 Å². The van der Waals surface area contributed by atoms with Crippen molar-refractivity contribution in [2.75, 3.05) is 40.4 Å². The number of pyridine rings is 2. The van der Waals surface area contributed by atoms with Gasteiger partial charge in [-0.05, 0) is 80.4 Å². The van der Waals surface area contributed by atoms with E-state index in [1.165, 1.54) is 14.2 Å². The minimum absolute atomic E-state index is 0.115. The van der Waals surface area contributed by atoms with Gasteiger partial charge in [0.1, 0.15) is 5.60 Å². The van der Waals surface area contributed by atoms with Crippen LogP contribution in [0.15, 0.2) is 82.0 Å². The number of carbonyl (C=O) groups is 3. The Hall–Kier alpha value is -5.19. The monoisotopic (exact) mass is 872 g/mol. The zero-order valence-electron chi connectivity index (χ0n) is 30.7. The molecule has 0 spiro atoms. The van der Waals surface area contributed by atoms with Crippen molar-refractivity contribution in [1.82, 2.24) is 39.7 Å². The van der Waals surface area contributed by atoms with Gasteiger partial charge in [0.15, 0.2) is 22.7 Å². The molecule has 2 fully saturated rings. The molecule has 1 N–H and O–H groups in total. The van der Waals surface area contributed by atoms with Crippen molar-refractivity contribution in [2.24, 2.45) is 0 Å². The van der Waals surface area contributed by atoms with Crippen molar-refractivity contribution in [3.63, 3.8) is 0 Å². The molecule has 6 heterocycles. The summed E-state index contributed by atoms with van der Waals surface area (Å²) in [5.74, 6) is -0.438. The Morgan fingerprint density at radius 3 is 1.60 bits per heavy atom. The molecule has 0 bridgehead atoms. The summed E-state index contributed by atoms with van der Waals surface area (Å²) in [4.78, 5) is 47.6. The molecule has 8 rings (SSSR count). The first-order valence-corrected chi connectivity index (χ1v) is 19.1. The van der Waals surface area contributed by atoms with Gasteiger partial charge in [-0.2, -0.15) is 10.2 Å². The summed E-state index contributed by atoms with van der Waals surface area (Å²) in [5, 5.41) is 13.5. The van der Waals surface area contributed by atoms with Crippen LogP contribution in [-0.4, -0.2) is 98.5 Å². The Balaban J connectivity index is 0.000000174. The van der Waals surface area contributed by atoms with Crippen LogP contribution in [0.3, 0.4) is 0 Å². The lowest BCUT2D eigenvalue weighted by Crippen LogP contribution is -2.50. The molecule has 0 aliphatic carbocycles. The van der Waals surface area contributed by atoms with Crippen LogP contribution in [-0.2, 0) is 14.2 Å². The van der Waals surface area contributed by atoms with E-state index >= 15 is 0 Å². The first-order valence-electron chi connectivity index (χ1n) is 17.5. The first-order chi connectivity index (χ1) is 26.3. The quantitative estimate of drug-likeness (QED) is 0.136. The molecule has 1 amide bonds. The Morgan fingerprint density at radius 1 is 0.727 bits per heavy atom. The SMILES string of the molecule is COC(=O)c1nn(-c2cccc(Br)c2)c2ncc(C3CN(C(=O)OC(C)(C)C)C3)cc12.COC(=O)c1nn(-c2cccc(Br)c2)c2ncc(C3CNC3)cc12. The van der Waals surface area contributed by atoms with Gasteiger partial charge < -0.3 is 24.4 Å². The van der Waals surface area contributed by atoms with E-state index in [1.807, 2.05) is 87.6 Å². The third kappa shape index (κ3) is 7.97. The Labute approximate surface area is 333 Å². The number of halogens is 2. The number of carbonyl (C=O) groups excluding carboxylic acids is 3. The molecular formula is C39H38Br2N8O6. The van der Waals surface area contributed by atoms with Crippen LogP contribution in [0.4, 0.5) is 4.79 Å². The number of nitrogens with zero attached hydrogens (tertiary/aromatic N) is 7. The minimum atomic E-state index is -0.529. The van der Waals surface area contributed by atoms with Crippen molar-refractivity contribution in [2.45, 2.75) is 38.2 Å². The van der Waals surface area contributed by atoms with E-state index in [2.05, 4.69) is 57.3 Å². The predicted octanol–water partition coefficient (Wildman–Crippen LogP) is 6.96. The molecule has 2 aromatic carbocycles. The fourth-order valence-corrected chi connectivity index (χ4v) is 7.02. The summed E-state index contributed by atoms with van der Waals surface area (Å²) in [6.07, 6.45) is 3.32. The van der Waals surface area contributed by atoms with Crippen LogP contribution in [0.1, 0.15) is 64.7 Å². The van der Waals surface area contributed by atoms with Crippen molar-refractivity contribution < 1.29 is 28.6 Å². The van der Waals surface area contributed by atoms with E-state index in [-0.39, 0.29) is 23.4 Å². The number of amides is 1. The van der Waals surface area contributed by atoms with Crippen LogP contribution in [0.2, 0.25) is 0 Å². The summed E-state index contributed by atoms with van der Waals surface area (Å²) in [5.41, 5.74) is 4.81. The molecule has 2 saturated heterocycles. The standard InChI is InChI=1S/C22H23BrN4O4.C17H15BrN4O2/c1-22(2,3)31-21(29)26-11-14(12-26)13-8-17-18(20(28)30-4)25-27(19(17)24-10-13)16-7-5-6-15(23)9-16;1-24-17(23)15-14-5-10(11-7-19-8-11)9-20-16(14)22(21-15)13-4-2-3-12(18)6-13/h5-10,14H,11-12H2,1-4H3;2-6,9,11,19H,7-8H2,1H3. The summed E-state index contributed by atoms with van der Waals surface area (Å²) >= 11 is 6.92. The molecule has 6 aromatic rings. The molecule has 0 saturated carbocycles. The van der Waals surface area contributed by atoms with Gasteiger partial charge in [0, 0.05) is 59.4 Å². The van der Waals surface area contributed by atoms with Gasteiger partial charge >= 0.3 is 18.0 Å². The number of likely N-dealkylation sites (tertiary alicyclic amines) is 1. The normalized spacial score (nSPS) is 14.5. The van der Waals surface area contributed by atoms with Crippen LogP contribution < -0.4 is 5.32 Å². The average Bonchev–Trinajstić information content (AvgIpc) is 3.68. The van der Waals surface area contributed by atoms with Crippen molar-refractivity contribution in [3.8, 4) is 11.4 Å². The van der Waals surface area contributed by atoms with Crippen LogP contribution in [0.5, 0.6) is 0 Å². The molecule has 14 nitrogen and oxygen atoms in total. The molecule has 55 heavy (non-hydrogen) atoms. The molecule has 2 aliphatic rings. The van der Waals surface area contributed by atoms with Crippen molar-refractivity contribution in [3.05, 3.63) is 105 Å². The number of hydrogen-bond donors (Lipinski definition) is 1. The maximum absolute atomic E-state index is 12.4. The van der Waals surface area contributed by atoms with Gasteiger partial charge in [-0.3, -0.25) is 0 Å². The van der Waals surface area contributed by atoms with Gasteiger partial charge in [0.05, 0.1) is 36.4 Å². The summed E-state index contributed by atoms with van der Waals surface area (Å²) in [6, 6.07) is 19.2. The molecule has 2 aliphatic heterocycles. The van der Waals surface area contributed by atoms with Crippen LogP contribution >= 0.6 is 31.9 Å². The predicted molar refractivity (Wildman–Crippen MR) is 212 cm³/mol. The van der Waals surface area contributed by atoms with Gasteiger partial charge in [-0.15, -0.1) is 0 Å². The highest BCUT2D eigenvalue weighted by molar-refractivity contribution is 9.10. The number of methoxy groups -OCH3 is 2. The smallest absolute Gasteiger partial charge is 0.410 e. The van der Waals surface area contributed by atoms with E-state index in [9.17, 15) is 14.4 Å². The van der Waals surface area contributed by atoms with E-state index in [0.29, 0.717) is 41.1 Å². The van der Waals surface area contributed by atoms with Gasteiger partial charge in [-0.1, -0.05) is 44.0 Å². The molecule has 16 heteroatoms. The number of esters is 2. The molecular weight excluding hydrogens is 836 g/mol. The number of rotatable bonds is 6. The van der Waals surface area contributed by atoms with Gasteiger partial charge in [0.25, 0.3) is 0 Å². The number of aromatic nitrogens is 6. The van der Waals surface area contributed by atoms with Gasteiger partial charge in [0.2, 0.25) is 0 Å². The summed E-state index contributed by atoms with van der Waals surface area (Å²) < 4.78 is 20.4. The lowest BCUT2D eigenvalue weighted by molar-refractivity contribution is 0.00815. The Morgan fingerprint density at radius 2 is 1.20 bits per heavy atom. The molecule has 0 radical (unpaired) electrons. The molecule has 0 unspecified atom stereocenters. The fourth-order valence-electron chi connectivity index (χ4n) is 6.24. The topological polar surface area (TPSA) is 156 Å². The highest BCUT2D eigenvalue weighted by Gasteiger charge is 2.35. The van der Waals surface area contributed by atoms with Crippen LogP contribution in [0, 0.1) is 0 Å². The highest BCUT2D eigenvalue weighted by Crippen LogP contribution is 2.32. The zero-order valence-corrected chi connectivity index (χ0v) is 33.9. The maximum Gasteiger partial charge on any atom is 0.410 e. The van der Waals surface area contributed by atoms with E-state index in [1.54, 1.807) is 20.5 Å². The second kappa shape index (κ2) is 15.5. The lowest BCUT2D eigenvalue weighted by atomic mass is 9.92. The number of hydrogen-bond acceptors (Lipinski definition) is 11. The second-order valence-corrected chi connectivity index (χ2v) is 16.0. The van der Waals surface area contributed by atoms with Crippen molar-refractivity contribution in [1.29, 1.82) is 0 Å². The largest absolute Gasteiger partial charge is 0.464 e. The minimum Gasteiger partial charge on any atom is -0.464 e. The number of ether oxygens (including phenoxy) is 3. The average molecular weight is 875 g/mol. The lowest BCUT2D eigenvalue weighted by Gasteiger charge is -2.39. The summed E-state index contributed by atoms with van der Waals surface area (Å²) in [6.45, 7) is 8.47. The second-order valence-electron chi connectivity index (χ2n) is 14.2. The Kier molecular flexibility index (Phi) is 10.7. The van der Waals surface area contributed by atoms with E-state index in [4.69, 9.17) is 14.2 Å². The number of benzene rings is 2.